The van der Waals surface area contributed by atoms with Crippen molar-refractivity contribution >= 4 is 11.9 Å². The lowest BCUT2D eigenvalue weighted by Crippen LogP contribution is -2.45. The number of amides is 1. The fraction of sp³-hybridized carbons (Fsp3) is 0.818. The highest BCUT2D eigenvalue weighted by Gasteiger charge is 2.19. The summed E-state index contributed by atoms with van der Waals surface area (Å²) in [6.45, 7) is 4.86. The fourth-order valence-corrected chi connectivity index (χ4v) is 7.78. The van der Waals surface area contributed by atoms with Crippen LogP contribution in [0.25, 0.3) is 0 Å². The summed E-state index contributed by atoms with van der Waals surface area (Å²) in [7, 11) is 0. The van der Waals surface area contributed by atoms with Gasteiger partial charge in [0.1, 0.15) is 0 Å². The topological polar surface area (TPSA) is 95.9 Å². The van der Waals surface area contributed by atoms with Crippen molar-refractivity contribution in [1.29, 1.82) is 0 Å². The third-order valence-electron chi connectivity index (χ3n) is 11.9. The number of rotatable bonds is 48. The van der Waals surface area contributed by atoms with Gasteiger partial charge in [0.2, 0.25) is 5.91 Å². The van der Waals surface area contributed by atoms with Crippen molar-refractivity contribution < 1.29 is 24.5 Å². The molecule has 0 aliphatic rings. The summed E-state index contributed by atoms with van der Waals surface area (Å²) in [4.78, 5) is 24.4. The highest BCUT2D eigenvalue weighted by molar-refractivity contribution is 5.76. The van der Waals surface area contributed by atoms with E-state index >= 15 is 0 Å². The minimum Gasteiger partial charge on any atom is -0.466 e. The van der Waals surface area contributed by atoms with Gasteiger partial charge in [0.15, 0.2) is 0 Å². The minimum absolute atomic E-state index is 0.0251. The zero-order valence-electron chi connectivity index (χ0n) is 40.4. The van der Waals surface area contributed by atoms with Crippen molar-refractivity contribution in [2.45, 2.75) is 276 Å². The number of carbonyl (C=O) groups excluding carboxylic acids is 2. The van der Waals surface area contributed by atoms with Gasteiger partial charge in [-0.3, -0.25) is 9.59 Å². The first-order valence-electron chi connectivity index (χ1n) is 26.4. The number of hydrogen-bond acceptors (Lipinski definition) is 5. The Morgan fingerprint density at radius 3 is 1.30 bits per heavy atom. The second kappa shape index (κ2) is 50.5. The molecule has 0 radical (unpaired) electrons. The van der Waals surface area contributed by atoms with E-state index in [1.54, 1.807) is 0 Å². The van der Waals surface area contributed by atoms with E-state index < -0.39 is 12.1 Å². The molecule has 0 saturated carbocycles. The number of aliphatic hydroxyl groups is 2. The third-order valence-corrected chi connectivity index (χ3v) is 11.9. The lowest BCUT2D eigenvalue weighted by molar-refractivity contribution is -0.143. The van der Waals surface area contributed by atoms with Gasteiger partial charge in [-0.05, 0) is 77.0 Å². The first-order valence-corrected chi connectivity index (χ1v) is 26.4. The Bertz CT molecular complexity index is 1040. The van der Waals surface area contributed by atoms with Crippen molar-refractivity contribution in [3.8, 4) is 0 Å². The van der Waals surface area contributed by atoms with Gasteiger partial charge in [0.05, 0.1) is 25.4 Å². The maximum absolute atomic E-state index is 12.4. The van der Waals surface area contributed by atoms with Crippen LogP contribution >= 0.6 is 0 Å². The molecule has 2 unspecified atom stereocenters. The molecule has 6 heteroatoms. The average molecular weight is 856 g/mol. The molecule has 0 spiro atoms. The van der Waals surface area contributed by atoms with Crippen LogP contribution < -0.4 is 5.32 Å². The highest BCUT2D eigenvalue weighted by atomic mass is 16.5. The van der Waals surface area contributed by atoms with Gasteiger partial charge in [0.25, 0.3) is 0 Å². The van der Waals surface area contributed by atoms with Gasteiger partial charge in [-0.15, -0.1) is 0 Å². The van der Waals surface area contributed by atoms with Gasteiger partial charge in [-0.2, -0.15) is 0 Å². The molecule has 0 aromatic rings. The lowest BCUT2D eigenvalue weighted by atomic mass is 10.0. The molecule has 61 heavy (non-hydrogen) atoms. The van der Waals surface area contributed by atoms with Crippen LogP contribution in [0.15, 0.2) is 48.6 Å². The number of allylic oxidation sites excluding steroid dienone is 8. The van der Waals surface area contributed by atoms with Gasteiger partial charge >= 0.3 is 5.97 Å². The summed E-state index contributed by atoms with van der Waals surface area (Å²) < 4.78 is 5.46. The summed E-state index contributed by atoms with van der Waals surface area (Å²) in [5.41, 5.74) is 0. The van der Waals surface area contributed by atoms with Crippen LogP contribution in [0.3, 0.4) is 0 Å². The number of unbranched alkanes of at least 4 members (excludes halogenated alkanes) is 29. The Morgan fingerprint density at radius 1 is 0.459 bits per heavy atom. The summed E-state index contributed by atoms with van der Waals surface area (Å²) in [5.74, 6) is -0.142. The Hall–Kier alpha value is -2.18. The first kappa shape index (κ1) is 58.8. The van der Waals surface area contributed by atoms with Gasteiger partial charge in [-0.1, -0.05) is 223 Å². The molecular weight excluding hydrogens is 755 g/mol. The largest absolute Gasteiger partial charge is 0.466 e. The molecule has 0 bridgehead atoms. The predicted octanol–water partition coefficient (Wildman–Crippen LogP) is 15.8. The van der Waals surface area contributed by atoms with Crippen molar-refractivity contribution in [3.63, 3.8) is 0 Å². The van der Waals surface area contributed by atoms with Crippen LogP contribution in [-0.2, 0) is 14.3 Å². The highest BCUT2D eigenvalue weighted by Crippen LogP contribution is 2.15. The quantitative estimate of drug-likeness (QED) is 0.0322. The molecule has 1 amide bonds. The van der Waals surface area contributed by atoms with Crippen LogP contribution in [0.2, 0.25) is 0 Å². The van der Waals surface area contributed by atoms with Gasteiger partial charge in [0, 0.05) is 12.8 Å². The van der Waals surface area contributed by atoms with Gasteiger partial charge in [-0.25, -0.2) is 0 Å². The first-order chi connectivity index (χ1) is 30.0. The summed E-state index contributed by atoms with van der Waals surface area (Å²) in [6, 6.07) is -0.586. The summed E-state index contributed by atoms with van der Waals surface area (Å²) in [6.07, 6.45) is 62.4. The zero-order chi connectivity index (χ0) is 44.4. The van der Waals surface area contributed by atoms with Gasteiger partial charge < -0.3 is 20.3 Å². The van der Waals surface area contributed by atoms with Crippen molar-refractivity contribution in [3.05, 3.63) is 48.6 Å². The molecule has 0 aliphatic carbocycles. The van der Waals surface area contributed by atoms with E-state index in [0.717, 1.165) is 57.8 Å². The van der Waals surface area contributed by atoms with E-state index in [1.165, 1.54) is 167 Å². The maximum Gasteiger partial charge on any atom is 0.305 e. The molecule has 0 aromatic carbocycles. The zero-order valence-corrected chi connectivity index (χ0v) is 40.4. The lowest BCUT2D eigenvalue weighted by Gasteiger charge is -2.22. The molecule has 0 aromatic heterocycles. The Morgan fingerprint density at radius 2 is 0.836 bits per heavy atom. The Labute approximate surface area is 378 Å². The number of nitrogens with one attached hydrogen (secondary N) is 1. The smallest absolute Gasteiger partial charge is 0.305 e. The number of aliphatic hydroxyl groups excluding tert-OH is 2. The molecule has 0 aliphatic heterocycles. The number of ether oxygens (including phenoxy) is 1. The Balaban J connectivity index is 3.54. The maximum atomic E-state index is 12.4. The van der Waals surface area contributed by atoms with E-state index in [-0.39, 0.29) is 18.5 Å². The second-order valence-corrected chi connectivity index (χ2v) is 17.8. The summed E-state index contributed by atoms with van der Waals surface area (Å²) in [5, 5.41) is 23.1. The van der Waals surface area contributed by atoms with E-state index in [0.29, 0.717) is 32.3 Å². The van der Waals surface area contributed by atoms with Crippen molar-refractivity contribution in [2.75, 3.05) is 13.2 Å². The molecule has 0 rings (SSSR count). The normalized spacial score (nSPS) is 13.0. The fourth-order valence-electron chi connectivity index (χ4n) is 7.78. The standard InChI is InChI=1S/C55H101NO5/c1-3-5-7-9-11-13-15-17-18-19-20-21-25-29-33-37-41-45-49-55(60)61-50-46-42-38-34-30-26-22-24-28-32-36-40-44-48-54(59)56-52(51-57)53(58)47-43-39-35-31-27-23-16-14-12-10-8-6-4-2/h13,15,18-19,24,28,36,40,52-53,57-58H,3-12,14,16-17,20-23,25-27,29-35,37-39,41-51H2,1-2H3,(H,56,59)/b15-13-,19-18-,28-24-,40-36-. The molecule has 6 nitrogen and oxygen atoms in total. The van der Waals surface area contributed by atoms with Crippen LogP contribution in [0, 0.1) is 0 Å². The van der Waals surface area contributed by atoms with E-state index in [1.807, 2.05) is 6.08 Å². The van der Waals surface area contributed by atoms with E-state index in [2.05, 4.69) is 61.7 Å². The summed E-state index contributed by atoms with van der Waals surface area (Å²) >= 11 is 0. The second-order valence-electron chi connectivity index (χ2n) is 17.8. The number of carbonyl (C=O) groups is 2. The third kappa shape index (κ3) is 47.1. The van der Waals surface area contributed by atoms with E-state index in [4.69, 9.17) is 4.74 Å². The molecule has 0 fully saturated rings. The molecule has 0 heterocycles. The monoisotopic (exact) mass is 856 g/mol. The minimum atomic E-state index is -0.699. The molecule has 0 saturated heterocycles. The van der Waals surface area contributed by atoms with Crippen molar-refractivity contribution in [1.82, 2.24) is 5.32 Å². The SMILES string of the molecule is CCCCCC/C=C\C/C=C\CCCCCCCCCC(=O)OCCCCCCCC/C=C\C/C=C\CCC(=O)NC(CO)C(O)CCCCCCCCCCCCCCC. The number of esters is 1. The van der Waals surface area contributed by atoms with Crippen LogP contribution in [0.4, 0.5) is 0 Å². The van der Waals surface area contributed by atoms with E-state index in [9.17, 15) is 19.8 Å². The number of hydrogen-bond donors (Lipinski definition) is 3. The molecular formula is C55H101NO5. The molecule has 2 atom stereocenters. The van der Waals surface area contributed by atoms with Crippen LogP contribution in [0.5, 0.6) is 0 Å². The molecule has 3 N–H and O–H groups in total. The molecule has 356 valence electrons. The Kier molecular flexibility index (Phi) is 48.7. The van der Waals surface area contributed by atoms with Crippen molar-refractivity contribution in [2.24, 2.45) is 0 Å². The van der Waals surface area contributed by atoms with Crippen LogP contribution in [-0.4, -0.2) is 47.4 Å². The van der Waals surface area contributed by atoms with Crippen LogP contribution in [0.1, 0.15) is 264 Å². The predicted molar refractivity (Wildman–Crippen MR) is 264 cm³/mol. The average Bonchev–Trinajstić information content (AvgIpc) is 3.26.